The van der Waals surface area contributed by atoms with Crippen molar-refractivity contribution in [2.45, 2.75) is 44.6 Å². The number of unbranched alkanes of at least 4 members (excludes halogenated alkanes) is 1. The summed E-state index contributed by atoms with van der Waals surface area (Å²) in [5.41, 5.74) is 0. The lowest BCUT2D eigenvalue weighted by atomic mass is 10.00. The monoisotopic (exact) mass is 151 g/mol. The first-order valence-electron chi connectivity index (χ1n) is 4.60. The highest BCUT2D eigenvalue weighted by atomic mass is 14.9. The smallest absolute Gasteiger partial charge is 0.00866 e. The van der Waals surface area contributed by atoms with Gasteiger partial charge in [-0.3, -0.25) is 0 Å². The second-order valence-corrected chi connectivity index (χ2v) is 3.24. The molecule has 0 bridgehead atoms. The molecule has 0 amide bonds. The number of terminal acetylenes is 1. The molecule has 1 heteroatoms. The Hall–Kier alpha value is -0.480. The molecule has 0 aromatic carbocycles. The average Bonchev–Trinajstić information content (AvgIpc) is 2.07. The van der Waals surface area contributed by atoms with Crippen LogP contribution < -0.4 is 5.32 Å². The minimum absolute atomic E-state index is 0.761. The average molecular weight is 151 g/mol. The van der Waals surface area contributed by atoms with Gasteiger partial charge in [0.25, 0.3) is 0 Å². The quantitative estimate of drug-likeness (QED) is 0.480. The van der Waals surface area contributed by atoms with Crippen molar-refractivity contribution in [3.8, 4) is 12.3 Å². The van der Waals surface area contributed by atoms with Crippen molar-refractivity contribution >= 4 is 0 Å². The van der Waals surface area contributed by atoms with Crippen LogP contribution in [0.4, 0.5) is 0 Å². The fourth-order valence-electron chi connectivity index (χ4n) is 1.62. The summed E-state index contributed by atoms with van der Waals surface area (Å²) in [6.45, 7) is 1.21. The van der Waals surface area contributed by atoms with Crippen LogP contribution in [0.3, 0.4) is 0 Å². The zero-order valence-corrected chi connectivity index (χ0v) is 7.10. The number of hydrogen-bond acceptors (Lipinski definition) is 1. The molecule has 1 unspecified atom stereocenters. The van der Waals surface area contributed by atoms with Crippen LogP contribution in [0.25, 0.3) is 0 Å². The molecular formula is C10H17N. The van der Waals surface area contributed by atoms with E-state index in [2.05, 4.69) is 11.2 Å². The van der Waals surface area contributed by atoms with E-state index in [1.165, 1.54) is 38.6 Å². The van der Waals surface area contributed by atoms with Gasteiger partial charge in [0.05, 0.1) is 0 Å². The first-order valence-corrected chi connectivity index (χ1v) is 4.60. The molecule has 62 valence electrons. The van der Waals surface area contributed by atoms with E-state index in [1.54, 1.807) is 0 Å². The molecule has 1 atom stereocenters. The molecule has 0 aliphatic carbocycles. The molecular weight excluding hydrogens is 134 g/mol. The second-order valence-electron chi connectivity index (χ2n) is 3.24. The third kappa shape index (κ3) is 3.43. The molecule has 1 aliphatic heterocycles. The Morgan fingerprint density at radius 1 is 1.45 bits per heavy atom. The third-order valence-corrected chi connectivity index (χ3v) is 2.29. The molecule has 1 rings (SSSR count). The minimum atomic E-state index is 0.761. The summed E-state index contributed by atoms with van der Waals surface area (Å²) in [5, 5.41) is 3.51. The van der Waals surface area contributed by atoms with E-state index >= 15 is 0 Å². The van der Waals surface area contributed by atoms with Gasteiger partial charge >= 0.3 is 0 Å². The maximum atomic E-state index is 5.17. The molecule has 1 heterocycles. The topological polar surface area (TPSA) is 12.0 Å². The van der Waals surface area contributed by atoms with Crippen LogP contribution in [0.1, 0.15) is 38.5 Å². The molecule has 0 aromatic heterocycles. The molecule has 0 radical (unpaired) electrons. The van der Waals surface area contributed by atoms with Gasteiger partial charge in [-0.25, -0.2) is 0 Å². The van der Waals surface area contributed by atoms with Crippen LogP contribution >= 0.6 is 0 Å². The molecule has 11 heavy (non-hydrogen) atoms. The number of hydrogen-bond donors (Lipinski definition) is 1. The summed E-state index contributed by atoms with van der Waals surface area (Å²) >= 11 is 0. The van der Waals surface area contributed by atoms with Crippen molar-refractivity contribution in [3.05, 3.63) is 0 Å². The third-order valence-electron chi connectivity index (χ3n) is 2.29. The van der Waals surface area contributed by atoms with Crippen LogP contribution in [-0.4, -0.2) is 12.6 Å². The molecule has 1 fully saturated rings. The molecule has 0 spiro atoms. The zero-order chi connectivity index (χ0) is 7.94. The van der Waals surface area contributed by atoms with E-state index < -0.39 is 0 Å². The summed E-state index contributed by atoms with van der Waals surface area (Å²) < 4.78 is 0. The first kappa shape index (κ1) is 8.62. The van der Waals surface area contributed by atoms with Crippen molar-refractivity contribution in [1.82, 2.24) is 5.32 Å². The highest BCUT2D eigenvalue weighted by molar-refractivity contribution is 4.84. The van der Waals surface area contributed by atoms with Gasteiger partial charge in [0, 0.05) is 12.5 Å². The van der Waals surface area contributed by atoms with Crippen molar-refractivity contribution in [2.75, 3.05) is 6.54 Å². The standard InChI is InChI=1S/C10H17N/c1-2-3-4-7-10-8-5-6-9-11-10/h1,10-11H,3-9H2. The van der Waals surface area contributed by atoms with Crippen LogP contribution in [0.5, 0.6) is 0 Å². The van der Waals surface area contributed by atoms with Gasteiger partial charge in [0.15, 0.2) is 0 Å². The largest absolute Gasteiger partial charge is 0.314 e. The maximum absolute atomic E-state index is 5.17. The fraction of sp³-hybridized carbons (Fsp3) is 0.800. The Morgan fingerprint density at radius 2 is 2.36 bits per heavy atom. The predicted octanol–water partition coefficient (Wildman–Crippen LogP) is 1.93. The summed E-state index contributed by atoms with van der Waals surface area (Å²) in [4.78, 5) is 0. The lowest BCUT2D eigenvalue weighted by molar-refractivity contribution is 0.377. The van der Waals surface area contributed by atoms with Gasteiger partial charge in [-0.2, -0.15) is 0 Å². The van der Waals surface area contributed by atoms with Crippen molar-refractivity contribution in [2.24, 2.45) is 0 Å². The molecule has 1 saturated heterocycles. The Morgan fingerprint density at radius 3 is 3.00 bits per heavy atom. The van der Waals surface area contributed by atoms with Gasteiger partial charge in [-0.15, -0.1) is 12.3 Å². The normalized spacial score (nSPS) is 24.5. The highest BCUT2D eigenvalue weighted by Crippen LogP contribution is 2.12. The van der Waals surface area contributed by atoms with E-state index in [9.17, 15) is 0 Å². The predicted molar refractivity (Wildman–Crippen MR) is 48.3 cm³/mol. The molecule has 1 aliphatic rings. The van der Waals surface area contributed by atoms with Gasteiger partial charge in [0.1, 0.15) is 0 Å². The first-order chi connectivity index (χ1) is 5.43. The fourth-order valence-corrected chi connectivity index (χ4v) is 1.62. The van der Waals surface area contributed by atoms with E-state index in [0.717, 1.165) is 12.5 Å². The highest BCUT2D eigenvalue weighted by Gasteiger charge is 2.10. The maximum Gasteiger partial charge on any atom is 0.00866 e. The van der Waals surface area contributed by atoms with Gasteiger partial charge in [0.2, 0.25) is 0 Å². The lowest BCUT2D eigenvalue weighted by Crippen LogP contribution is -2.33. The van der Waals surface area contributed by atoms with E-state index in [0.29, 0.717) is 0 Å². The van der Waals surface area contributed by atoms with Crippen LogP contribution in [-0.2, 0) is 0 Å². The second kappa shape index (κ2) is 5.21. The summed E-state index contributed by atoms with van der Waals surface area (Å²) in [7, 11) is 0. The lowest BCUT2D eigenvalue weighted by Gasteiger charge is -2.22. The zero-order valence-electron chi connectivity index (χ0n) is 7.10. The van der Waals surface area contributed by atoms with E-state index in [-0.39, 0.29) is 0 Å². The van der Waals surface area contributed by atoms with E-state index in [1.807, 2.05) is 0 Å². The number of nitrogens with one attached hydrogen (secondary N) is 1. The Balaban J connectivity index is 2.01. The number of rotatable bonds is 3. The van der Waals surface area contributed by atoms with Gasteiger partial charge < -0.3 is 5.32 Å². The summed E-state index contributed by atoms with van der Waals surface area (Å²) in [5.74, 6) is 2.68. The van der Waals surface area contributed by atoms with Crippen LogP contribution in [0.15, 0.2) is 0 Å². The molecule has 0 aromatic rings. The SMILES string of the molecule is C#CCCCC1CCCCN1. The van der Waals surface area contributed by atoms with Gasteiger partial charge in [-0.05, 0) is 32.2 Å². The molecule has 1 nitrogen and oxygen atoms in total. The van der Waals surface area contributed by atoms with Crippen LogP contribution in [0.2, 0.25) is 0 Å². The van der Waals surface area contributed by atoms with Crippen molar-refractivity contribution < 1.29 is 0 Å². The Bertz CT molecular complexity index is 128. The van der Waals surface area contributed by atoms with Crippen molar-refractivity contribution in [3.63, 3.8) is 0 Å². The van der Waals surface area contributed by atoms with Gasteiger partial charge in [-0.1, -0.05) is 6.42 Å². The summed E-state index contributed by atoms with van der Waals surface area (Å²) in [6.07, 6.45) is 12.7. The van der Waals surface area contributed by atoms with Crippen molar-refractivity contribution in [1.29, 1.82) is 0 Å². The van der Waals surface area contributed by atoms with Crippen LogP contribution in [0, 0.1) is 12.3 Å². The molecule has 0 saturated carbocycles. The Labute approximate surface area is 69.6 Å². The Kier molecular flexibility index (Phi) is 4.08. The minimum Gasteiger partial charge on any atom is -0.314 e. The molecule has 1 N–H and O–H groups in total. The van der Waals surface area contributed by atoms with E-state index in [4.69, 9.17) is 6.42 Å². The number of piperidine rings is 1. The summed E-state index contributed by atoms with van der Waals surface area (Å²) in [6, 6.07) is 0.761.